The molecule has 2 aliphatic rings. The fraction of sp³-hybridized carbons (Fsp3) is 0.441. The van der Waals surface area contributed by atoms with Gasteiger partial charge in [-0.15, -0.1) is 4.91 Å². The highest BCUT2D eigenvalue weighted by atomic mass is 16.5. The maximum absolute atomic E-state index is 13.0. The molecule has 1 N–H and O–H groups in total. The highest BCUT2D eigenvalue weighted by Crippen LogP contribution is 2.32. The van der Waals surface area contributed by atoms with E-state index in [1.165, 1.54) is 16.8 Å². The van der Waals surface area contributed by atoms with Crippen molar-refractivity contribution in [2.24, 2.45) is 11.1 Å². The van der Waals surface area contributed by atoms with Crippen molar-refractivity contribution in [2.75, 3.05) is 62.6 Å². The quantitative estimate of drug-likeness (QED) is 0.269. The highest BCUT2D eigenvalue weighted by Gasteiger charge is 2.24. The van der Waals surface area contributed by atoms with Crippen LogP contribution in [0.2, 0.25) is 0 Å². The van der Waals surface area contributed by atoms with Crippen molar-refractivity contribution in [2.45, 2.75) is 39.2 Å². The summed E-state index contributed by atoms with van der Waals surface area (Å²) in [5, 5.41) is 6.65. The van der Waals surface area contributed by atoms with Gasteiger partial charge in [0.2, 0.25) is 5.91 Å². The second-order valence-corrected chi connectivity index (χ2v) is 11.8. The molecule has 1 amide bonds. The Morgan fingerprint density at radius 3 is 2.26 bits per heavy atom. The Balaban J connectivity index is 1.02. The summed E-state index contributed by atoms with van der Waals surface area (Å²) in [5.41, 5.74) is 4.97. The number of piperidine rings is 1. The molecule has 222 valence electrons. The van der Waals surface area contributed by atoms with E-state index in [1.807, 2.05) is 23.1 Å². The van der Waals surface area contributed by atoms with E-state index >= 15 is 0 Å². The second-order valence-electron chi connectivity index (χ2n) is 11.8. The first kappa shape index (κ1) is 29.6. The number of carbonyl (C=O) groups excluding carboxylic acids is 1. The third kappa shape index (κ3) is 7.88. The number of nitroso groups, excluding NO2 is 1. The van der Waals surface area contributed by atoms with Gasteiger partial charge >= 0.3 is 0 Å². The summed E-state index contributed by atoms with van der Waals surface area (Å²) in [6.45, 7) is 10.9. The molecule has 8 nitrogen and oxygen atoms in total. The van der Waals surface area contributed by atoms with Crippen molar-refractivity contribution in [3.05, 3.63) is 77.7 Å². The topological polar surface area (TPSA) is 77.5 Å². The van der Waals surface area contributed by atoms with Crippen molar-refractivity contribution in [1.29, 1.82) is 0 Å². The standard InChI is InChI=1S/C34H43N5O3/c1-26(2)25-42-33-24-30(10-13-32(33)36-41)35-29-14-18-39(19-15-29)34(40)16-17-37-20-22-38(23-21-37)31-11-8-28(9-12-31)27-6-4-3-5-7-27/h3-13,24,26,29,35H,14-23,25H2,1-2H3. The van der Waals surface area contributed by atoms with Crippen LogP contribution in [0, 0.1) is 10.8 Å². The molecule has 0 radical (unpaired) electrons. The van der Waals surface area contributed by atoms with Crippen LogP contribution in [-0.2, 0) is 4.79 Å². The van der Waals surface area contributed by atoms with Gasteiger partial charge < -0.3 is 19.9 Å². The molecular formula is C34H43N5O3. The second kappa shape index (κ2) is 14.3. The van der Waals surface area contributed by atoms with Crippen LogP contribution in [0.5, 0.6) is 5.75 Å². The average Bonchev–Trinajstić information content (AvgIpc) is 3.04. The molecule has 0 unspecified atom stereocenters. The molecule has 3 aromatic carbocycles. The fourth-order valence-electron chi connectivity index (χ4n) is 5.70. The van der Waals surface area contributed by atoms with Crippen molar-refractivity contribution in [3.63, 3.8) is 0 Å². The number of nitrogens with zero attached hydrogens (tertiary/aromatic N) is 4. The monoisotopic (exact) mass is 569 g/mol. The number of hydrogen-bond donors (Lipinski definition) is 1. The normalized spacial score (nSPS) is 16.5. The lowest BCUT2D eigenvalue weighted by molar-refractivity contribution is -0.132. The lowest BCUT2D eigenvalue weighted by atomic mass is 10.0. The maximum Gasteiger partial charge on any atom is 0.223 e. The molecule has 0 saturated carbocycles. The van der Waals surface area contributed by atoms with Crippen LogP contribution >= 0.6 is 0 Å². The van der Waals surface area contributed by atoms with Gasteiger partial charge in [0, 0.05) is 75.7 Å². The third-order valence-corrected chi connectivity index (χ3v) is 8.20. The van der Waals surface area contributed by atoms with Gasteiger partial charge in [-0.1, -0.05) is 56.3 Å². The minimum absolute atomic E-state index is 0.248. The summed E-state index contributed by atoms with van der Waals surface area (Å²) < 4.78 is 5.80. The fourth-order valence-corrected chi connectivity index (χ4v) is 5.70. The number of anilines is 2. The molecule has 2 aliphatic heterocycles. The molecule has 2 saturated heterocycles. The Labute approximate surface area is 249 Å². The Kier molecular flexibility index (Phi) is 10.1. The lowest BCUT2D eigenvalue weighted by Gasteiger charge is -2.37. The van der Waals surface area contributed by atoms with Crippen LogP contribution < -0.4 is 15.0 Å². The van der Waals surface area contributed by atoms with Crippen LogP contribution in [0.25, 0.3) is 11.1 Å². The Bertz CT molecular complexity index is 1300. The van der Waals surface area contributed by atoms with Crippen molar-refractivity contribution < 1.29 is 9.53 Å². The number of ether oxygens (including phenoxy) is 1. The predicted molar refractivity (Wildman–Crippen MR) is 171 cm³/mol. The number of benzene rings is 3. The number of rotatable bonds is 11. The van der Waals surface area contributed by atoms with Crippen molar-refractivity contribution in [1.82, 2.24) is 9.80 Å². The number of hydrogen-bond acceptors (Lipinski definition) is 7. The van der Waals surface area contributed by atoms with Gasteiger partial charge in [-0.25, -0.2) is 0 Å². The zero-order chi connectivity index (χ0) is 29.3. The first-order valence-corrected chi connectivity index (χ1v) is 15.3. The molecule has 0 aromatic heterocycles. The zero-order valence-corrected chi connectivity index (χ0v) is 24.9. The molecule has 2 heterocycles. The van der Waals surface area contributed by atoms with Crippen molar-refractivity contribution in [3.8, 4) is 16.9 Å². The smallest absolute Gasteiger partial charge is 0.223 e. The van der Waals surface area contributed by atoms with Gasteiger partial charge in [0.05, 0.1) is 6.61 Å². The molecule has 0 aliphatic carbocycles. The van der Waals surface area contributed by atoms with E-state index in [9.17, 15) is 9.70 Å². The minimum atomic E-state index is 0.248. The van der Waals surface area contributed by atoms with E-state index in [1.54, 1.807) is 6.07 Å². The van der Waals surface area contributed by atoms with Crippen LogP contribution in [-0.4, -0.2) is 74.2 Å². The van der Waals surface area contributed by atoms with E-state index in [0.717, 1.165) is 64.3 Å². The molecule has 0 bridgehead atoms. The molecule has 0 spiro atoms. The van der Waals surface area contributed by atoms with Crippen LogP contribution in [0.3, 0.4) is 0 Å². The van der Waals surface area contributed by atoms with E-state index in [4.69, 9.17) is 4.74 Å². The lowest BCUT2D eigenvalue weighted by Crippen LogP contribution is -2.48. The number of amides is 1. The largest absolute Gasteiger partial charge is 0.491 e. The van der Waals surface area contributed by atoms with E-state index in [0.29, 0.717) is 30.4 Å². The zero-order valence-electron chi connectivity index (χ0n) is 24.9. The summed E-state index contributed by atoms with van der Waals surface area (Å²) in [4.78, 5) is 31.0. The van der Waals surface area contributed by atoms with Crippen LogP contribution in [0.4, 0.5) is 17.1 Å². The van der Waals surface area contributed by atoms with Gasteiger partial charge in [-0.3, -0.25) is 9.69 Å². The molecule has 0 atom stereocenters. The van der Waals surface area contributed by atoms with Crippen molar-refractivity contribution >= 4 is 23.0 Å². The van der Waals surface area contributed by atoms with Gasteiger partial charge in [-0.2, -0.15) is 0 Å². The number of nitrogens with one attached hydrogen (secondary N) is 1. The highest BCUT2D eigenvalue weighted by molar-refractivity contribution is 5.76. The van der Waals surface area contributed by atoms with Gasteiger partial charge in [0.25, 0.3) is 0 Å². The Hall–Kier alpha value is -3.91. The summed E-state index contributed by atoms with van der Waals surface area (Å²) >= 11 is 0. The van der Waals surface area contributed by atoms with Crippen LogP contribution in [0.1, 0.15) is 33.1 Å². The van der Waals surface area contributed by atoms with E-state index < -0.39 is 0 Å². The van der Waals surface area contributed by atoms with Crippen LogP contribution in [0.15, 0.2) is 78.0 Å². The minimum Gasteiger partial charge on any atom is -0.491 e. The third-order valence-electron chi connectivity index (χ3n) is 8.20. The van der Waals surface area contributed by atoms with E-state index in [2.05, 4.69) is 82.7 Å². The van der Waals surface area contributed by atoms with Gasteiger partial charge in [0.1, 0.15) is 5.69 Å². The number of carbonyl (C=O) groups is 1. The molecule has 42 heavy (non-hydrogen) atoms. The first-order valence-electron chi connectivity index (χ1n) is 15.3. The average molecular weight is 570 g/mol. The molecular weight excluding hydrogens is 526 g/mol. The number of piperazine rings is 1. The summed E-state index contributed by atoms with van der Waals surface area (Å²) in [5.74, 6) is 1.12. The summed E-state index contributed by atoms with van der Waals surface area (Å²) in [7, 11) is 0. The van der Waals surface area contributed by atoms with Gasteiger partial charge in [0.15, 0.2) is 5.75 Å². The van der Waals surface area contributed by atoms with E-state index in [-0.39, 0.29) is 11.9 Å². The molecule has 8 heteroatoms. The molecule has 2 fully saturated rings. The number of likely N-dealkylation sites (tertiary alicyclic amines) is 1. The molecule has 3 aromatic rings. The first-order chi connectivity index (χ1) is 20.5. The predicted octanol–water partition coefficient (Wildman–Crippen LogP) is 6.40. The summed E-state index contributed by atoms with van der Waals surface area (Å²) in [6.07, 6.45) is 2.35. The Morgan fingerprint density at radius 2 is 1.60 bits per heavy atom. The molecule has 5 rings (SSSR count). The summed E-state index contributed by atoms with van der Waals surface area (Å²) in [6, 6.07) is 25.0. The Morgan fingerprint density at radius 1 is 0.905 bits per heavy atom. The van der Waals surface area contributed by atoms with Gasteiger partial charge in [-0.05, 0) is 59.3 Å². The maximum atomic E-state index is 13.0. The SMILES string of the molecule is CC(C)COc1cc(NC2CCN(C(=O)CCN3CCN(c4ccc(-c5ccccc5)cc4)CC3)CC2)ccc1N=O.